The molecule has 1 unspecified atom stereocenters. The number of hydrogen-bond acceptors (Lipinski definition) is 3. The highest BCUT2D eigenvalue weighted by Gasteiger charge is 2.34. The Balaban J connectivity index is 1.74. The number of halogens is 1. The molecule has 2 aliphatic carbocycles. The molecule has 22 heavy (non-hydrogen) atoms. The van der Waals surface area contributed by atoms with Gasteiger partial charge in [-0.15, -0.1) is 0 Å². The van der Waals surface area contributed by atoms with Crippen LogP contribution in [0.25, 0.3) is 0 Å². The van der Waals surface area contributed by atoms with Gasteiger partial charge in [0.25, 0.3) is 0 Å². The average molecular weight is 297 g/mol. The fourth-order valence-corrected chi connectivity index (χ4v) is 3.54. The van der Waals surface area contributed by atoms with E-state index in [1.807, 2.05) is 12.1 Å². The van der Waals surface area contributed by atoms with Crippen molar-refractivity contribution in [1.29, 1.82) is 0 Å². The second-order valence-electron chi connectivity index (χ2n) is 6.60. The van der Waals surface area contributed by atoms with E-state index in [9.17, 15) is 4.39 Å². The Kier molecular flexibility index (Phi) is 3.13. The van der Waals surface area contributed by atoms with Crippen LogP contribution in [0.1, 0.15) is 60.7 Å². The van der Waals surface area contributed by atoms with E-state index in [0.29, 0.717) is 17.7 Å². The van der Waals surface area contributed by atoms with Crippen LogP contribution in [-0.4, -0.2) is 9.97 Å². The molecule has 1 fully saturated rings. The minimum atomic E-state index is -0.202. The molecule has 2 atom stereocenters. The number of nitrogen functional groups attached to an aromatic ring is 1. The molecule has 0 amide bonds. The van der Waals surface area contributed by atoms with Crippen molar-refractivity contribution in [1.82, 2.24) is 9.97 Å². The lowest BCUT2D eigenvalue weighted by Crippen LogP contribution is -2.11. The molecule has 4 rings (SSSR count). The maximum Gasteiger partial charge on any atom is 0.134 e. The molecule has 0 radical (unpaired) electrons. The third-order valence-corrected chi connectivity index (χ3v) is 5.11. The molecule has 1 heterocycles. The van der Waals surface area contributed by atoms with Gasteiger partial charge in [0.05, 0.1) is 5.69 Å². The summed E-state index contributed by atoms with van der Waals surface area (Å²) in [5.41, 5.74) is 9.44. The SMILES string of the molecule is C[C@@H](c1nc(N)c2c(n1)C(c1ccc(F)cc1)CC2)C1CC1. The fourth-order valence-electron chi connectivity index (χ4n) is 3.54. The van der Waals surface area contributed by atoms with Crippen LogP contribution < -0.4 is 5.73 Å². The maximum atomic E-state index is 13.2. The molecule has 0 saturated heterocycles. The normalized spacial score (nSPS) is 21.6. The summed E-state index contributed by atoms with van der Waals surface area (Å²) in [4.78, 5) is 9.43. The number of nitrogens with zero attached hydrogens (tertiary/aromatic N) is 2. The molecule has 2 N–H and O–H groups in total. The minimum absolute atomic E-state index is 0.202. The van der Waals surface area contributed by atoms with E-state index in [1.165, 1.54) is 25.0 Å². The highest BCUT2D eigenvalue weighted by molar-refractivity contribution is 5.49. The van der Waals surface area contributed by atoms with Crippen molar-refractivity contribution in [3.8, 4) is 0 Å². The summed E-state index contributed by atoms with van der Waals surface area (Å²) < 4.78 is 13.2. The number of fused-ring (bicyclic) bond motifs is 1. The van der Waals surface area contributed by atoms with Crippen LogP contribution >= 0.6 is 0 Å². The van der Waals surface area contributed by atoms with E-state index in [0.717, 1.165) is 35.5 Å². The van der Waals surface area contributed by atoms with Crippen molar-refractivity contribution in [3.05, 3.63) is 52.7 Å². The zero-order valence-corrected chi connectivity index (χ0v) is 12.7. The largest absolute Gasteiger partial charge is 0.383 e. The van der Waals surface area contributed by atoms with Crippen molar-refractivity contribution >= 4 is 5.82 Å². The van der Waals surface area contributed by atoms with E-state index < -0.39 is 0 Å². The Labute approximate surface area is 129 Å². The number of hydrogen-bond donors (Lipinski definition) is 1. The first kappa shape index (κ1) is 13.7. The molecule has 114 valence electrons. The number of anilines is 1. The fraction of sp³-hybridized carbons (Fsp3) is 0.444. The average Bonchev–Trinajstić information content (AvgIpc) is 3.27. The summed E-state index contributed by atoms with van der Waals surface area (Å²) in [5, 5.41) is 0. The van der Waals surface area contributed by atoms with E-state index in [4.69, 9.17) is 10.7 Å². The zero-order valence-electron chi connectivity index (χ0n) is 12.7. The number of aromatic nitrogens is 2. The molecule has 1 saturated carbocycles. The first-order chi connectivity index (χ1) is 10.6. The van der Waals surface area contributed by atoms with E-state index in [-0.39, 0.29) is 11.7 Å². The highest BCUT2D eigenvalue weighted by atomic mass is 19.1. The molecule has 2 aliphatic rings. The van der Waals surface area contributed by atoms with E-state index in [1.54, 1.807) is 0 Å². The van der Waals surface area contributed by atoms with Gasteiger partial charge in [-0.05, 0) is 49.3 Å². The van der Waals surface area contributed by atoms with Crippen LogP contribution in [0.5, 0.6) is 0 Å². The van der Waals surface area contributed by atoms with Gasteiger partial charge in [-0.25, -0.2) is 14.4 Å². The smallest absolute Gasteiger partial charge is 0.134 e. The second-order valence-corrected chi connectivity index (χ2v) is 6.60. The molecular formula is C18H20FN3. The molecular weight excluding hydrogens is 277 g/mol. The summed E-state index contributed by atoms with van der Waals surface area (Å²) in [6.07, 6.45) is 4.41. The van der Waals surface area contributed by atoms with Gasteiger partial charge in [-0.1, -0.05) is 19.1 Å². The predicted molar refractivity (Wildman–Crippen MR) is 84.1 cm³/mol. The molecule has 2 aromatic rings. The van der Waals surface area contributed by atoms with Gasteiger partial charge in [0.1, 0.15) is 17.5 Å². The van der Waals surface area contributed by atoms with Crippen LogP contribution in [0.2, 0.25) is 0 Å². The lowest BCUT2D eigenvalue weighted by atomic mass is 9.96. The molecule has 1 aromatic heterocycles. The van der Waals surface area contributed by atoms with Gasteiger partial charge in [-0.2, -0.15) is 0 Å². The predicted octanol–water partition coefficient (Wildman–Crippen LogP) is 3.79. The molecule has 3 nitrogen and oxygen atoms in total. The summed E-state index contributed by atoms with van der Waals surface area (Å²) >= 11 is 0. The molecule has 0 aliphatic heterocycles. The van der Waals surface area contributed by atoms with Crippen molar-refractivity contribution in [2.75, 3.05) is 5.73 Å². The second kappa shape index (κ2) is 5.04. The third-order valence-electron chi connectivity index (χ3n) is 5.11. The van der Waals surface area contributed by atoms with Crippen LogP contribution in [0.15, 0.2) is 24.3 Å². The van der Waals surface area contributed by atoms with Crippen LogP contribution in [0.3, 0.4) is 0 Å². The molecule has 0 spiro atoms. The third kappa shape index (κ3) is 2.27. The van der Waals surface area contributed by atoms with Crippen LogP contribution in [0, 0.1) is 11.7 Å². The standard InChI is InChI=1S/C18H20FN3/c1-10(11-2-3-11)18-21-16-14(8-9-15(16)17(20)22-18)12-4-6-13(19)7-5-12/h4-7,10-11,14H,2-3,8-9H2,1H3,(H2,20,21,22)/t10-,14?/m1/s1. The minimum Gasteiger partial charge on any atom is -0.383 e. The number of nitrogens with two attached hydrogens (primary N) is 1. The highest BCUT2D eigenvalue weighted by Crippen LogP contribution is 2.44. The Morgan fingerprint density at radius 3 is 2.55 bits per heavy atom. The summed E-state index contributed by atoms with van der Waals surface area (Å²) in [7, 11) is 0. The lowest BCUT2D eigenvalue weighted by Gasteiger charge is -2.15. The number of rotatable bonds is 3. The van der Waals surface area contributed by atoms with Gasteiger partial charge in [-0.3, -0.25) is 0 Å². The van der Waals surface area contributed by atoms with Crippen molar-refractivity contribution in [2.24, 2.45) is 5.92 Å². The van der Waals surface area contributed by atoms with Crippen molar-refractivity contribution in [2.45, 2.75) is 44.4 Å². The van der Waals surface area contributed by atoms with Crippen molar-refractivity contribution in [3.63, 3.8) is 0 Å². The Morgan fingerprint density at radius 2 is 1.86 bits per heavy atom. The van der Waals surface area contributed by atoms with E-state index in [2.05, 4.69) is 11.9 Å². The van der Waals surface area contributed by atoms with Gasteiger partial charge in [0, 0.05) is 17.4 Å². The topological polar surface area (TPSA) is 51.8 Å². The molecule has 0 bridgehead atoms. The van der Waals surface area contributed by atoms with Crippen molar-refractivity contribution < 1.29 is 4.39 Å². The van der Waals surface area contributed by atoms with Crippen LogP contribution in [-0.2, 0) is 6.42 Å². The Morgan fingerprint density at radius 1 is 1.14 bits per heavy atom. The molecule has 1 aromatic carbocycles. The Hall–Kier alpha value is -1.97. The number of benzene rings is 1. The summed E-state index contributed by atoms with van der Waals surface area (Å²) in [5.74, 6) is 2.62. The van der Waals surface area contributed by atoms with Crippen LogP contribution in [0.4, 0.5) is 10.2 Å². The zero-order chi connectivity index (χ0) is 15.3. The van der Waals surface area contributed by atoms with Gasteiger partial charge < -0.3 is 5.73 Å². The first-order valence-electron chi connectivity index (χ1n) is 8.05. The summed E-state index contributed by atoms with van der Waals surface area (Å²) in [6, 6.07) is 6.76. The monoisotopic (exact) mass is 297 g/mol. The van der Waals surface area contributed by atoms with Gasteiger partial charge in [0.2, 0.25) is 0 Å². The molecule has 4 heteroatoms. The summed E-state index contributed by atoms with van der Waals surface area (Å²) in [6.45, 7) is 2.20. The Bertz CT molecular complexity index is 707. The first-order valence-corrected chi connectivity index (χ1v) is 8.05. The van der Waals surface area contributed by atoms with Gasteiger partial charge >= 0.3 is 0 Å². The lowest BCUT2D eigenvalue weighted by molar-refractivity contribution is 0.613. The quantitative estimate of drug-likeness (QED) is 0.937. The van der Waals surface area contributed by atoms with E-state index >= 15 is 0 Å². The van der Waals surface area contributed by atoms with Gasteiger partial charge in [0.15, 0.2) is 0 Å². The maximum absolute atomic E-state index is 13.2.